The number of halogens is 1. The molecule has 1 unspecified atom stereocenters. The van der Waals surface area contributed by atoms with Crippen LogP contribution in [0.5, 0.6) is 0 Å². The van der Waals surface area contributed by atoms with E-state index in [2.05, 4.69) is 6.92 Å². The second kappa shape index (κ2) is 9.79. The smallest absolute Gasteiger partial charge is 0.309 e. The van der Waals surface area contributed by atoms with Crippen molar-refractivity contribution in [1.82, 2.24) is 9.80 Å². The maximum Gasteiger partial charge on any atom is 0.309 e. The molecule has 0 radical (unpaired) electrons. The van der Waals surface area contributed by atoms with Gasteiger partial charge in [-0.3, -0.25) is 19.3 Å². The third kappa shape index (κ3) is 4.63. The molecule has 0 N–H and O–H groups in total. The average Bonchev–Trinajstić information content (AvgIpc) is 3.19. The molecule has 0 aromatic heterocycles. The first-order valence-corrected chi connectivity index (χ1v) is 12.0. The third-order valence-corrected chi connectivity index (χ3v) is 7.35. The Morgan fingerprint density at radius 2 is 1.79 bits per heavy atom. The van der Waals surface area contributed by atoms with Gasteiger partial charge in [0.25, 0.3) is 5.91 Å². The first kappa shape index (κ1) is 23.7. The predicted molar refractivity (Wildman–Crippen MR) is 119 cm³/mol. The Balaban J connectivity index is 1.55. The van der Waals surface area contributed by atoms with Crippen molar-refractivity contribution in [3.63, 3.8) is 0 Å². The minimum Gasteiger partial charge on any atom is -0.466 e. The number of esters is 1. The highest BCUT2D eigenvalue weighted by atomic mass is 19.1. The molecule has 4 rings (SSSR count). The molecule has 1 aromatic rings. The van der Waals surface area contributed by atoms with Crippen LogP contribution in [-0.4, -0.2) is 65.7 Å². The van der Waals surface area contributed by atoms with E-state index in [1.807, 2.05) is 0 Å². The van der Waals surface area contributed by atoms with E-state index < -0.39 is 23.5 Å². The molecule has 2 aliphatic heterocycles. The van der Waals surface area contributed by atoms with Crippen LogP contribution in [0.15, 0.2) is 24.3 Å². The summed E-state index contributed by atoms with van der Waals surface area (Å²) in [6.07, 6.45) is 4.08. The summed E-state index contributed by atoms with van der Waals surface area (Å²) in [5, 5.41) is 0. The van der Waals surface area contributed by atoms with Crippen LogP contribution in [0.3, 0.4) is 0 Å². The lowest BCUT2D eigenvalue weighted by Crippen LogP contribution is -2.58. The first-order chi connectivity index (χ1) is 15.9. The number of rotatable bonds is 4. The SMILES string of the molecule is CCOC(=O)C1CCN(C(=O)C2COC3(CCC(C)CC3)N2C(=O)c2ccccc2F)CC1. The van der Waals surface area contributed by atoms with Crippen LogP contribution in [-0.2, 0) is 19.1 Å². The zero-order valence-electron chi connectivity index (χ0n) is 19.4. The summed E-state index contributed by atoms with van der Waals surface area (Å²) in [7, 11) is 0. The molecule has 1 aromatic carbocycles. The molecule has 1 saturated carbocycles. The minimum absolute atomic E-state index is 0.0418. The molecule has 0 bridgehead atoms. The quantitative estimate of drug-likeness (QED) is 0.644. The van der Waals surface area contributed by atoms with Gasteiger partial charge < -0.3 is 14.4 Å². The highest BCUT2D eigenvalue weighted by Gasteiger charge is 2.54. The Hall–Kier alpha value is -2.48. The summed E-state index contributed by atoms with van der Waals surface area (Å²) in [6.45, 7) is 5.23. The Labute approximate surface area is 194 Å². The molecule has 2 heterocycles. The molecule has 3 fully saturated rings. The summed E-state index contributed by atoms with van der Waals surface area (Å²) in [5.41, 5.74) is -0.921. The predicted octanol–water partition coefficient (Wildman–Crippen LogP) is 3.37. The van der Waals surface area contributed by atoms with E-state index in [-0.39, 0.29) is 30.0 Å². The summed E-state index contributed by atoms with van der Waals surface area (Å²) in [6, 6.07) is 5.09. The summed E-state index contributed by atoms with van der Waals surface area (Å²) >= 11 is 0. The maximum atomic E-state index is 14.5. The van der Waals surface area contributed by atoms with Gasteiger partial charge in [-0.1, -0.05) is 19.1 Å². The molecule has 33 heavy (non-hydrogen) atoms. The number of amides is 2. The zero-order chi connectivity index (χ0) is 23.6. The fourth-order valence-corrected chi connectivity index (χ4v) is 5.34. The number of hydrogen-bond acceptors (Lipinski definition) is 5. The van der Waals surface area contributed by atoms with Crippen molar-refractivity contribution in [3.8, 4) is 0 Å². The average molecular weight is 461 g/mol. The molecule has 1 aliphatic carbocycles. The molecule has 8 heteroatoms. The molecule has 180 valence electrons. The van der Waals surface area contributed by atoms with Crippen LogP contribution in [0, 0.1) is 17.7 Å². The highest BCUT2D eigenvalue weighted by molar-refractivity contribution is 5.98. The number of ether oxygens (including phenoxy) is 2. The Kier molecular flexibility index (Phi) is 7.02. The van der Waals surface area contributed by atoms with Gasteiger partial charge >= 0.3 is 5.97 Å². The van der Waals surface area contributed by atoms with Gasteiger partial charge in [-0.25, -0.2) is 4.39 Å². The number of likely N-dealkylation sites (tertiary alicyclic amines) is 1. The van der Waals surface area contributed by atoms with Gasteiger partial charge in [0.15, 0.2) is 0 Å². The summed E-state index contributed by atoms with van der Waals surface area (Å²) < 4.78 is 25.9. The molecule has 3 aliphatic rings. The van der Waals surface area contributed by atoms with Gasteiger partial charge in [0.2, 0.25) is 5.91 Å². The molecule has 2 amide bonds. The summed E-state index contributed by atoms with van der Waals surface area (Å²) in [5.74, 6) is -1.22. The Morgan fingerprint density at radius 3 is 2.42 bits per heavy atom. The number of hydrogen-bond donors (Lipinski definition) is 0. The molecule has 2 saturated heterocycles. The standard InChI is InChI=1S/C25H33FN2O5/c1-3-32-24(31)18-10-14-27(15-11-18)23(30)21-16-33-25(12-8-17(2)9-13-25)28(21)22(29)19-6-4-5-7-20(19)26/h4-7,17-18,21H,3,8-16H2,1-2H3. The van der Waals surface area contributed by atoms with Crippen molar-refractivity contribution in [2.24, 2.45) is 11.8 Å². The van der Waals surface area contributed by atoms with E-state index >= 15 is 0 Å². The highest BCUT2D eigenvalue weighted by Crippen LogP contribution is 2.43. The van der Waals surface area contributed by atoms with E-state index in [0.717, 1.165) is 12.8 Å². The summed E-state index contributed by atoms with van der Waals surface area (Å²) in [4.78, 5) is 42.5. The van der Waals surface area contributed by atoms with Crippen molar-refractivity contribution in [2.45, 2.75) is 64.1 Å². The van der Waals surface area contributed by atoms with E-state index in [0.29, 0.717) is 51.3 Å². The van der Waals surface area contributed by atoms with E-state index in [9.17, 15) is 18.8 Å². The van der Waals surface area contributed by atoms with E-state index in [4.69, 9.17) is 9.47 Å². The maximum absolute atomic E-state index is 14.5. The molecule has 1 spiro atoms. The lowest BCUT2D eigenvalue weighted by atomic mass is 9.83. The number of benzene rings is 1. The van der Waals surface area contributed by atoms with Gasteiger partial charge in [0, 0.05) is 13.1 Å². The van der Waals surface area contributed by atoms with Crippen LogP contribution in [0.25, 0.3) is 0 Å². The van der Waals surface area contributed by atoms with Crippen molar-refractivity contribution < 1.29 is 28.2 Å². The second-order valence-corrected chi connectivity index (χ2v) is 9.46. The number of nitrogens with zero attached hydrogens (tertiary/aromatic N) is 2. The van der Waals surface area contributed by atoms with Crippen LogP contribution in [0.4, 0.5) is 4.39 Å². The fourth-order valence-electron chi connectivity index (χ4n) is 5.34. The van der Waals surface area contributed by atoms with Crippen molar-refractivity contribution in [2.75, 3.05) is 26.3 Å². The monoisotopic (exact) mass is 460 g/mol. The molecular weight excluding hydrogens is 427 g/mol. The number of piperidine rings is 1. The van der Waals surface area contributed by atoms with Gasteiger partial charge in [0.1, 0.15) is 17.6 Å². The number of carbonyl (C=O) groups is 3. The van der Waals surface area contributed by atoms with Gasteiger partial charge in [-0.15, -0.1) is 0 Å². The molecule has 1 atom stereocenters. The number of carbonyl (C=O) groups excluding carboxylic acids is 3. The van der Waals surface area contributed by atoms with E-state index in [1.165, 1.54) is 17.0 Å². The largest absolute Gasteiger partial charge is 0.466 e. The van der Waals surface area contributed by atoms with Crippen LogP contribution in [0.2, 0.25) is 0 Å². The minimum atomic E-state index is -0.880. The van der Waals surface area contributed by atoms with Crippen molar-refractivity contribution in [3.05, 3.63) is 35.6 Å². The molecular formula is C25H33FN2O5. The van der Waals surface area contributed by atoms with Crippen LogP contribution in [0.1, 0.15) is 62.7 Å². The third-order valence-electron chi connectivity index (χ3n) is 7.35. The van der Waals surface area contributed by atoms with Crippen molar-refractivity contribution in [1.29, 1.82) is 0 Å². The fraction of sp³-hybridized carbons (Fsp3) is 0.640. The molecule has 7 nitrogen and oxygen atoms in total. The first-order valence-electron chi connectivity index (χ1n) is 12.0. The normalized spacial score (nSPS) is 28.2. The topological polar surface area (TPSA) is 76.2 Å². The zero-order valence-corrected chi connectivity index (χ0v) is 19.4. The van der Waals surface area contributed by atoms with Gasteiger partial charge in [-0.2, -0.15) is 0 Å². The van der Waals surface area contributed by atoms with Crippen molar-refractivity contribution >= 4 is 17.8 Å². The lowest BCUT2D eigenvalue weighted by molar-refractivity contribution is -0.152. The lowest BCUT2D eigenvalue weighted by Gasteiger charge is -2.43. The second-order valence-electron chi connectivity index (χ2n) is 9.46. The Bertz CT molecular complexity index is 891. The van der Waals surface area contributed by atoms with Crippen LogP contribution < -0.4 is 0 Å². The van der Waals surface area contributed by atoms with Gasteiger partial charge in [-0.05, 0) is 63.5 Å². The van der Waals surface area contributed by atoms with Gasteiger partial charge in [0.05, 0.1) is 24.7 Å². The van der Waals surface area contributed by atoms with E-state index in [1.54, 1.807) is 24.0 Å². The Morgan fingerprint density at radius 1 is 1.12 bits per heavy atom. The van der Waals surface area contributed by atoms with Crippen LogP contribution >= 0.6 is 0 Å².